The lowest BCUT2D eigenvalue weighted by molar-refractivity contribution is 0.100. The highest BCUT2D eigenvalue weighted by molar-refractivity contribution is 7.12. The first-order chi connectivity index (χ1) is 9.52. The van der Waals surface area contributed by atoms with Crippen molar-refractivity contribution in [2.75, 3.05) is 0 Å². The number of hydrogen-bond acceptors (Lipinski definition) is 3. The van der Waals surface area contributed by atoms with Crippen LogP contribution in [0.4, 0.5) is 0 Å². The molecule has 0 aliphatic carbocycles. The molecule has 1 aromatic heterocycles. The fourth-order valence-electron chi connectivity index (χ4n) is 2.26. The molecule has 0 atom stereocenters. The first kappa shape index (κ1) is 13.3. The summed E-state index contributed by atoms with van der Waals surface area (Å²) >= 11 is 7.86. The predicted octanol–water partition coefficient (Wildman–Crippen LogP) is 3.35. The Kier molecular flexibility index (Phi) is 3.36. The van der Waals surface area contributed by atoms with Gasteiger partial charge in [0.15, 0.2) is 0 Å². The summed E-state index contributed by atoms with van der Waals surface area (Å²) in [6.45, 7) is 2.01. The normalized spacial score (nSPS) is 14.1. The largest absolute Gasteiger partial charge is 0.387 e. The predicted molar refractivity (Wildman–Crippen MR) is 83.0 cm³/mol. The molecular formula is C15H13ClN2OS. The highest BCUT2D eigenvalue weighted by atomic mass is 35.5. The van der Waals surface area contributed by atoms with E-state index in [1.54, 1.807) is 11.3 Å². The fourth-order valence-corrected chi connectivity index (χ4v) is 3.76. The lowest BCUT2D eigenvalue weighted by atomic mass is 10.1. The zero-order chi connectivity index (χ0) is 14.3. The molecule has 0 fully saturated rings. The molecular weight excluding hydrogens is 292 g/mol. The minimum Gasteiger partial charge on any atom is -0.387 e. The van der Waals surface area contributed by atoms with Gasteiger partial charge >= 0.3 is 0 Å². The monoisotopic (exact) mass is 304 g/mol. The zero-order valence-corrected chi connectivity index (χ0v) is 12.5. The van der Waals surface area contributed by atoms with E-state index < -0.39 is 0 Å². The minimum atomic E-state index is -0.235. The van der Waals surface area contributed by atoms with Crippen LogP contribution in [0.3, 0.4) is 0 Å². The summed E-state index contributed by atoms with van der Waals surface area (Å²) in [6, 6.07) is 7.94. The van der Waals surface area contributed by atoms with Crippen molar-refractivity contribution in [1.82, 2.24) is 0 Å². The number of nitrogens with two attached hydrogens (primary N) is 1. The van der Waals surface area contributed by atoms with Gasteiger partial charge in [-0.3, -0.25) is 4.79 Å². The van der Waals surface area contributed by atoms with Crippen LogP contribution in [0, 0.1) is 6.92 Å². The van der Waals surface area contributed by atoms with Gasteiger partial charge in [0.05, 0.1) is 5.56 Å². The number of carbonyl (C=O) groups is 1. The number of rotatable bonds is 2. The molecule has 0 radical (unpaired) electrons. The van der Waals surface area contributed by atoms with Crippen molar-refractivity contribution in [2.45, 2.75) is 19.8 Å². The van der Waals surface area contributed by atoms with Crippen LogP contribution in [-0.4, -0.2) is 11.7 Å². The summed E-state index contributed by atoms with van der Waals surface area (Å²) in [6.07, 6.45) is 1.29. The molecule has 0 unspecified atom stereocenters. The summed E-state index contributed by atoms with van der Waals surface area (Å²) in [4.78, 5) is 17.7. The fraction of sp³-hybridized carbons (Fsp3) is 0.200. The summed E-state index contributed by atoms with van der Waals surface area (Å²) < 4.78 is 0. The third-order valence-electron chi connectivity index (χ3n) is 3.25. The maximum atomic E-state index is 11.8. The maximum Gasteiger partial charge on any atom is 0.279 e. The molecule has 0 spiro atoms. The summed E-state index contributed by atoms with van der Waals surface area (Å²) in [5.74, 6) is 0.158. The third kappa shape index (κ3) is 2.49. The quantitative estimate of drug-likeness (QED) is 0.925. The second-order valence-electron chi connectivity index (χ2n) is 4.91. The minimum absolute atomic E-state index is 0.235. The van der Waals surface area contributed by atoms with Crippen molar-refractivity contribution in [1.29, 1.82) is 0 Å². The van der Waals surface area contributed by atoms with E-state index in [4.69, 9.17) is 17.3 Å². The number of nitrogens with zero attached hydrogens (tertiary/aromatic N) is 1. The SMILES string of the molecule is Cc1ccc(Cc2cc3c(s2)CC(N)=NC3=O)c(Cl)c1. The van der Waals surface area contributed by atoms with Crippen molar-refractivity contribution >= 4 is 34.7 Å². The first-order valence-electron chi connectivity index (χ1n) is 6.27. The second kappa shape index (κ2) is 5.04. The van der Waals surface area contributed by atoms with Crippen LogP contribution >= 0.6 is 22.9 Å². The highest BCUT2D eigenvalue weighted by Gasteiger charge is 2.21. The summed E-state index contributed by atoms with van der Waals surface area (Å²) in [7, 11) is 0. The van der Waals surface area contributed by atoms with E-state index in [0.29, 0.717) is 17.8 Å². The number of amidine groups is 1. The van der Waals surface area contributed by atoms with Gasteiger partial charge in [0.2, 0.25) is 0 Å². The van der Waals surface area contributed by atoms with Crippen LogP contribution < -0.4 is 5.73 Å². The molecule has 3 rings (SSSR count). The van der Waals surface area contributed by atoms with Gasteiger partial charge < -0.3 is 5.73 Å². The number of aliphatic imine (C=N–C) groups is 1. The Morgan fingerprint density at radius 3 is 2.95 bits per heavy atom. The highest BCUT2D eigenvalue weighted by Crippen LogP contribution is 2.30. The molecule has 2 aromatic rings. The van der Waals surface area contributed by atoms with Gasteiger partial charge in [-0.15, -0.1) is 11.3 Å². The van der Waals surface area contributed by atoms with Crippen LogP contribution in [0.1, 0.15) is 31.2 Å². The van der Waals surface area contributed by atoms with Gasteiger partial charge in [-0.2, -0.15) is 4.99 Å². The van der Waals surface area contributed by atoms with Gasteiger partial charge in [-0.25, -0.2) is 0 Å². The molecule has 3 nitrogen and oxygen atoms in total. The number of aryl methyl sites for hydroxylation is 1. The van der Waals surface area contributed by atoms with E-state index in [-0.39, 0.29) is 5.91 Å². The number of amides is 1. The Morgan fingerprint density at radius 1 is 1.40 bits per heavy atom. The van der Waals surface area contributed by atoms with Crippen molar-refractivity contribution in [3.05, 3.63) is 55.7 Å². The molecule has 5 heteroatoms. The van der Waals surface area contributed by atoms with Crippen molar-refractivity contribution in [3.8, 4) is 0 Å². The molecule has 0 saturated carbocycles. The molecule has 1 aliphatic rings. The van der Waals surface area contributed by atoms with E-state index in [1.807, 2.05) is 31.2 Å². The van der Waals surface area contributed by atoms with Crippen molar-refractivity contribution in [2.24, 2.45) is 10.7 Å². The van der Waals surface area contributed by atoms with Gasteiger partial charge in [0, 0.05) is 27.6 Å². The van der Waals surface area contributed by atoms with Crippen LogP contribution in [0.25, 0.3) is 0 Å². The number of halogens is 1. The van der Waals surface area contributed by atoms with Gasteiger partial charge in [0.1, 0.15) is 5.84 Å². The van der Waals surface area contributed by atoms with Crippen molar-refractivity contribution < 1.29 is 4.79 Å². The Morgan fingerprint density at radius 2 is 2.20 bits per heavy atom. The number of fused-ring (bicyclic) bond motifs is 1. The van der Waals surface area contributed by atoms with Gasteiger partial charge in [-0.05, 0) is 30.2 Å². The van der Waals surface area contributed by atoms with E-state index in [1.165, 1.54) is 0 Å². The average Bonchev–Trinajstić information content (AvgIpc) is 2.75. The topological polar surface area (TPSA) is 55.4 Å². The van der Waals surface area contributed by atoms with Crippen molar-refractivity contribution in [3.63, 3.8) is 0 Å². The van der Waals surface area contributed by atoms with E-state index >= 15 is 0 Å². The lowest BCUT2D eigenvalue weighted by Crippen LogP contribution is -2.21. The molecule has 1 amide bonds. The summed E-state index contributed by atoms with van der Waals surface area (Å²) in [5, 5.41) is 0.762. The standard InChI is InChI=1S/C15H13ClN2OS/c1-8-2-3-9(12(16)4-8)5-10-6-11-13(20-10)7-14(17)18-15(11)19/h2-4,6H,5,7H2,1H3,(H2,17,18,19). The van der Waals surface area contributed by atoms with Crippen LogP contribution in [0.2, 0.25) is 5.02 Å². The number of carbonyl (C=O) groups excluding carboxylic acids is 1. The molecule has 1 aliphatic heterocycles. The van der Waals surface area contributed by atoms with Gasteiger partial charge in [-0.1, -0.05) is 23.7 Å². The van der Waals surface area contributed by atoms with Crippen LogP contribution in [0.5, 0.6) is 0 Å². The van der Waals surface area contributed by atoms with Crippen LogP contribution in [0.15, 0.2) is 29.3 Å². The molecule has 102 valence electrons. The summed E-state index contributed by atoms with van der Waals surface area (Å²) in [5.41, 5.74) is 8.55. The third-order valence-corrected chi connectivity index (χ3v) is 4.74. The second-order valence-corrected chi connectivity index (χ2v) is 6.53. The van der Waals surface area contributed by atoms with E-state index in [2.05, 4.69) is 4.99 Å². The first-order valence-corrected chi connectivity index (χ1v) is 7.46. The van der Waals surface area contributed by atoms with Crippen LogP contribution in [-0.2, 0) is 12.8 Å². The molecule has 1 aromatic carbocycles. The molecule has 2 heterocycles. The molecule has 20 heavy (non-hydrogen) atoms. The zero-order valence-electron chi connectivity index (χ0n) is 10.9. The number of benzene rings is 1. The Balaban J connectivity index is 1.90. The molecule has 0 saturated heterocycles. The van der Waals surface area contributed by atoms with E-state index in [0.717, 1.165) is 32.3 Å². The lowest BCUT2D eigenvalue weighted by Gasteiger charge is -2.05. The number of hydrogen-bond donors (Lipinski definition) is 1. The maximum absolute atomic E-state index is 11.8. The van der Waals surface area contributed by atoms with E-state index in [9.17, 15) is 4.79 Å². The van der Waals surface area contributed by atoms with Gasteiger partial charge in [0.25, 0.3) is 5.91 Å². The Labute approximate surface area is 126 Å². The Bertz CT molecular complexity index is 733. The average molecular weight is 305 g/mol. The Hall–Kier alpha value is -1.65. The number of thiophene rings is 1. The molecule has 2 N–H and O–H groups in total. The smallest absolute Gasteiger partial charge is 0.279 e. The molecule has 0 bridgehead atoms.